The molecule has 0 heterocycles. The normalized spacial score (nSPS) is 10.3. The molecule has 4 N–H and O–H groups in total. The zero-order valence-corrected chi connectivity index (χ0v) is 43.1. The van der Waals surface area contributed by atoms with E-state index in [1.807, 2.05) is 0 Å². The Kier molecular flexibility index (Phi) is 32.5. The summed E-state index contributed by atoms with van der Waals surface area (Å²) in [6, 6.07) is 24.8. The molecule has 0 aliphatic carbocycles. The number of benzene rings is 4. The average Bonchev–Trinajstić information content (AvgIpc) is 3.28. The largest absolute Gasteiger partial charge is 0.449 e. The highest BCUT2D eigenvalue weighted by atomic mass is 79.9. The van der Waals surface area contributed by atoms with Crippen LogP contribution in [-0.2, 0) is 18.9 Å². The fourth-order valence-corrected chi connectivity index (χ4v) is 5.60. The Labute approximate surface area is 443 Å². The Morgan fingerprint density at radius 2 is 0.824 bits per heavy atom. The summed E-state index contributed by atoms with van der Waals surface area (Å²) in [7, 11) is 0. The molecule has 4 amide bonds. The predicted octanol–water partition coefficient (Wildman–Crippen LogP) is 13.5. The maximum atomic E-state index is 11.4. The van der Waals surface area contributed by atoms with E-state index in [0.29, 0.717) is 57.9 Å². The number of anilines is 4. The number of carbonyl (C=O) groups excluding carboxylic acids is 8. The summed E-state index contributed by atoms with van der Waals surface area (Å²) >= 11 is 51.7. The van der Waals surface area contributed by atoms with Crippen LogP contribution in [0.1, 0.15) is 54.3 Å². The molecule has 26 heteroatoms. The molecule has 4 aromatic rings. The first-order chi connectivity index (χ1) is 32.3. The second-order valence-corrected chi connectivity index (χ2v) is 16.9. The van der Waals surface area contributed by atoms with E-state index < -0.39 is 55.7 Å². The lowest BCUT2D eigenvalue weighted by molar-refractivity contribution is 0.107. The summed E-state index contributed by atoms with van der Waals surface area (Å²) in [5, 5.41) is 7.99. The molecule has 16 nitrogen and oxygen atoms in total. The van der Waals surface area contributed by atoms with Crippen LogP contribution in [0.2, 0.25) is 0 Å². The highest BCUT2D eigenvalue weighted by molar-refractivity contribution is 9.09. The van der Waals surface area contributed by atoms with Crippen molar-refractivity contribution in [2.75, 3.05) is 58.2 Å². The molecule has 0 aromatic heterocycles. The predicted molar refractivity (Wildman–Crippen MR) is 271 cm³/mol. The van der Waals surface area contributed by atoms with Crippen LogP contribution < -0.4 is 21.3 Å². The third-order valence-electron chi connectivity index (χ3n) is 7.08. The van der Waals surface area contributed by atoms with Gasteiger partial charge in [-0.25, -0.2) is 19.2 Å². The summed E-state index contributed by atoms with van der Waals surface area (Å²) in [5.74, 6) is 0.723. The topological polar surface area (TPSA) is 222 Å². The van der Waals surface area contributed by atoms with Crippen LogP contribution in [0.3, 0.4) is 0 Å². The van der Waals surface area contributed by atoms with Crippen molar-refractivity contribution in [3.8, 4) is 0 Å². The van der Waals surface area contributed by atoms with E-state index in [4.69, 9.17) is 119 Å². The van der Waals surface area contributed by atoms with Gasteiger partial charge in [-0.15, -0.1) is 46.4 Å². The fraction of sp³-hybridized carbons (Fsp3) is 0.238. The second kappa shape index (κ2) is 35.8. The molecule has 4 aromatic carbocycles. The number of alkyl halides is 6. The van der Waals surface area contributed by atoms with Crippen LogP contribution in [0.5, 0.6) is 0 Å². The second-order valence-electron chi connectivity index (χ2n) is 12.2. The molecular formula is C42H38BrCl9N4O12. The van der Waals surface area contributed by atoms with Gasteiger partial charge in [0.1, 0.15) is 18.1 Å². The molecular weight excluding hydrogens is 1150 g/mol. The van der Waals surface area contributed by atoms with Gasteiger partial charge in [-0.3, -0.25) is 40.4 Å². The third-order valence-corrected chi connectivity index (χ3v) is 9.32. The highest BCUT2D eigenvalue weighted by Crippen LogP contribution is 2.17. The van der Waals surface area contributed by atoms with E-state index in [-0.39, 0.29) is 36.8 Å². The van der Waals surface area contributed by atoms with Crippen molar-refractivity contribution in [2.24, 2.45) is 0 Å². The van der Waals surface area contributed by atoms with Crippen molar-refractivity contribution in [2.45, 2.75) is 23.2 Å². The molecule has 4 rings (SSSR count). The molecule has 0 bridgehead atoms. The molecule has 1 atom stereocenters. The van der Waals surface area contributed by atoms with Crippen molar-refractivity contribution in [1.29, 1.82) is 0 Å². The van der Waals surface area contributed by atoms with E-state index in [1.54, 1.807) is 60.7 Å². The summed E-state index contributed by atoms with van der Waals surface area (Å²) in [5.41, 5.74) is 2.09. The molecule has 0 radical (unpaired) electrons. The van der Waals surface area contributed by atoms with E-state index in [9.17, 15) is 38.4 Å². The van der Waals surface area contributed by atoms with E-state index >= 15 is 0 Å². The average molecular weight is 1190 g/mol. The minimum atomic E-state index is -0.791. The van der Waals surface area contributed by atoms with Crippen molar-refractivity contribution in [3.63, 3.8) is 0 Å². The van der Waals surface area contributed by atoms with Crippen molar-refractivity contribution in [3.05, 3.63) is 119 Å². The lowest BCUT2D eigenvalue weighted by Crippen LogP contribution is -2.19. The zero-order chi connectivity index (χ0) is 51.0. The first-order valence-electron chi connectivity index (χ1n) is 18.9. The quantitative estimate of drug-likeness (QED) is 0.0316. The fourth-order valence-electron chi connectivity index (χ4n) is 4.24. The molecule has 68 heavy (non-hydrogen) atoms. The maximum Gasteiger partial charge on any atom is 0.413 e. The van der Waals surface area contributed by atoms with Crippen LogP contribution in [0.4, 0.5) is 41.9 Å². The van der Waals surface area contributed by atoms with Gasteiger partial charge in [0.25, 0.3) is 21.0 Å². The summed E-state index contributed by atoms with van der Waals surface area (Å²) in [6.07, 6.45) is -1.66. The van der Waals surface area contributed by atoms with Gasteiger partial charge in [-0.1, -0.05) is 51.8 Å². The van der Waals surface area contributed by atoms with Crippen molar-refractivity contribution >= 4 is 188 Å². The Morgan fingerprint density at radius 3 is 1.13 bits per heavy atom. The standard InChI is InChI=1S/C11H10Cl3NO3.C11H11Cl2NO3.C10H9BrClNO3.C10H8Cl3NO3/c12-5-4-9(13)18-11(17)15-8-3-1-2-7(6-8)10(14)16;12-5-2-6-17-11(16)14-9-4-1-3-8(7-9)10(13)15;11-4-5-16-10(15)13-8-3-1-2-7(6-8)9(12)14;11-8(12)5-17-10(16)14-7-3-1-2-6(4-7)9(13)15/h1-3,6,9H,4-5H2,(H,15,17);1,3-4,7H,2,5-6H2,(H,14,16);1-3,6H,4-5H2,(H,13,15);1-4,8H,5H2,(H,14,16). The molecule has 0 aliphatic heterocycles. The van der Waals surface area contributed by atoms with Crippen LogP contribution in [-0.4, -0.2) is 92.7 Å². The Morgan fingerprint density at radius 1 is 0.485 bits per heavy atom. The van der Waals surface area contributed by atoms with Crippen LogP contribution in [0.15, 0.2) is 97.1 Å². The van der Waals surface area contributed by atoms with Gasteiger partial charge >= 0.3 is 24.4 Å². The van der Waals surface area contributed by atoms with Gasteiger partial charge in [0.05, 0.1) is 6.61 Å². The van der Waals surface area contributed by atoms with E-state index in [2.05, 4.69) is 41.9 Å². The lowest BCUT2D eigenvalue weighted by Gasteiger charge is -2.11. The van der Waals surface area contributed by atoms with Crippen LogP contribution in [0, 0.1) is 0 Å². The van der Waals surface area contributed by atoms with Gasteiger partial charge in [0.2, 0.25) is 0 Å². The first-order valence-corrected chi connectivity index (χ1v) is 23.9. The minimum absolute atomic E-state index is 0.122. The first kappa shape index (κ1) is 61.7. The molecule has 368 valence electrons. The number of nitrogens with one attached hydrogen (secondary N) is 4. The van der Waals surface area contributed by atoms with Gasteiger partial charge in [-0.05, 0) is 126 Å². The summed E-state index contributed by atoms with van der Waals surface area (Å²) in [4.78, 5) is 87.9. The summed E-state index contributed by atoms with van der Waals surface area (Å²) in [6.45, 7) is 0.409. The van der Waals surface area contributed by atoms with Gasteiger partial charge in [-0.2, -0.15) is 0 Å². The molecule has 0 spiro atoms. The maximum absolute atomic E-state index is 11.4. The smallest absolute Gasteiger partial charge is 0.413 e. The van der Waals surface area contributed by atoms with Crippen molar-refractivity contribution in [1.82, 2.24) is 0 Å². The molecule has 0 saturated carbocycles. The summed E-state index contributed by atoms with van der Waals surface area (Å²) < 4.78 is 19.1. The number of carbonyl (C=O) groups is 8. The Bertz CT molecular complexity index is 2300. The molecule has 0 saturated heterocycles. The third kappa shape index (κ3) is 28.9. The zero-order valence-electron chi connectivity index (χ0n) is 34.7. The van der Waals surface area contributed by atoms with E-state index in [0.717, 1.165) is 0 Å². The van der Waals surface area contributed by atoms with Gasteiger partial charge in [0, 0.05) is 68.5 Å². The SMILES string of the molecule is O=C(Nc1cccc(C(=O)Cl)c1)OC(Cl)CCCl.O=C(Nc1cccc(C(=O)Cl)c1)OCC(Cl)Cl.O=C(Nc1cccc(C(=O)Cl)c1)OCCBr.O=C(Nc1cccc(C(=O)Cl)c1)OCCCCl. The lowest BCUT2D eigenvalue weighted by atomic mass is 10.2. The highest BCUT2D eigenvalue weighted by Gasteiger charge is 2.13. The number of hydrogen-bond acceptors (Lipinski definition) is 12. The van der Waals surface area contributed by atoms with Gasteiger partial charge in [0.15, 0.2) is 5.56 Å². The molecule has 0 aliphatic rings. The monoisotopic (exact) mass is 1180 g/mol. The van der Waals surface area contributed by atoms with Crippen molar-refractivity contribution < 1.29 is 57.3 Å². The Hall–Kier alpha value is -4.27. The number of amides is 4. The Balaban J connectivity index is 0.000000454. The van der Waals surface area contributed by atoms with Crippen LogP contribution in [0.25, 0.3) is 0 Å². The number of hydrogen-bond donors (Lipinski definition) is 4. The molecule has 0 fully saturated rings. The van der Waals surface area contributed by atoms with E-state index in [1.165, 1.54) is 36.4 Å². The minimum Gasteiger partial charge on any atom is -0.449 e. The van der Waals surface area contributed by atoms with Gasteiger partial charge < -0.3 is 18.9 Å². The van der Waals surface area contributed by atoms with Crippen LogP contribution >= 0.6 is 120 Å². The number of rotatable bonds is 18. The molecule has 1 unspecified atom stereocenters. The number of halogens is 10. The number of ether oxygens (including phenoxy) is 4.